The molecule has 3 N–H and O–H groups in total. The molecule has 0 fully saturated rings. The van der Waals surface area contributed by atoms with Gasteiger partial charge in [-0.2, -0.15) is 20.5 Å². The Morgan fingerprint density at radius 2 is 2.38 bits per heavy atom. The molecule has 0 saturated heterocycles. The van der Waals surface area contributed by atoms with Crippen molar-refractivity contribution >= 4 is 0 Å². The highest BCUT2D eigenvalue weighted by atomic mass is 15.3. The van der Waals surface area contributed by atoms with Gasteiger partial charge in [-0.1, -0.05) is 0 Å². The fraction of sp³-hybridized carbons (Fsp3) is 0.500. The van der Waals surface area contributed by atoms with Crippen molar-refractivity contribution in [3.8, 4) is 0 Å². The van der Waals surface area contributed by atoms with E-state index in [9.17, 15) is 0 Å². The summed E-state index contributed by atoms with van der Waals surface area (Å²) in [5.41, 5.74) is 8.97. The van der Waals surface area contributed by atoms with E-state index in [0.29, 0.717) is 0 Å². The van der Waals surface area contributed by atoms with Crippen LogP contribution in [0.1, 0.15) is 30.0 Å². The summed E-state index contributed by atoms with van der Waals surface area (Å²) in [7, 11) is 0. The Morgan fingerprint density at radius 3 is 3.00 bits per heavy atom. The van der Waals surface area contributed by atoms with Crippen molar-refractivity contribution < 1.29 is 0 Å². The largest absolute Gasteiger partial charge is 0.322 e. The zero-order valence-electron chi connectivity index (χ0n) is 9.51. The summed E-state index contributed by atoms with van der Waals surface area (Å²) < 4.78 is 1.97. The average molecular weight is 220 g/mol. The quantitative estimate of drug-likeness (QED) is 0.789. The Hall–Kier alpha value is -1.69. The van der Waals surface area contributed by atoms with Gasteiger partial charge in [-0.3, -0.25) is 4.68 Å². The number of hydrogen-bond donors (Lipinski definition) is 2. The van der Waals surface area contributed by atoms with E-state index in [0.717, 1.165) is 30.0 Å². The maximum Gasteiger partial charge on any atom is 0.0995 e. The molecular weight excluding hydrogens is 204 g/mol. The van der Waals surface area contributed by atoms with Gasteiger partial charge in [-0.25, -0.2) is 0 Å². The maximum atomic E-state index is 6.04. The van der Waals surface area contributed by atoms with E-state index in [4.69, 9.17) is 5.73 Å². The zero-order valence-corrected chi connectivity index (χ0v) is 9.51. The topological polar surface area (TPSA) is 85.4 Å². The van der Waals surface area contributed by atoms with Crippen molar-refractivity contribution in [3.63, 3.8) is 0 Å². The van der Waals surface area contributed by atoms with Gasteiger partial charge in [0, 0.05) is 18.7 Å². The lowest BCUT2D eigenvalue weighted by molar-refractivity contribution is 0.581. The minimum absolute atomic E-state index is 0.139. The second-order valence-corrected chi connectivity index (χ2v) is 3.80. The molecule has 2 aromatic rings. The van der Waals surface area contributed by atoms with Crippen LogP contribution in [0.3, 0.4) is 0 Å². The Labute approximate surface area is 93.8 Å². The van der Waals surface area contributed by atoms with E-state index in [1.165, 1.54) is 0 Å². The van der Waals surface area contributed by atoms with Crippen LogP contribution < -0.4 is 5.73 Å². The molecule has 1 atom stereocenters. The number of hydrogen-bond acceptors (Lipinski definition) is 4. The molecule has 0 aliphatic carbocycles. The van der Waals surface area contributed by atoms with Crippen molar-refractivity contribution in [1.29, 1.82) is 0 Å². The average Bonchev–Trinajstić information content (AvgIpc) is 2.87. The number of nitrogens with two attached hydrogens (primary N) is 1. The van der Waals surface area contributed by atoms with E-state index in [2.05, 4.69) is 33.5 Å². The fourth-order valence-corrected chi connectivity index (χ4v) is 1.76. The Morgan fingerprint density at radius 1 is 1.56 bits per heavy atom. The van der Waals surface area contributed by atoms with E-state index in [-0.39, 0.29) is 6.04 Å². The molecule has 0 spiro atoms. The molecule has 2 aromatic heterocycles. The molecule has 0 amide bonds. The minimum atomic E-state index is -0.139. The van der Waals surface area contributed by atoms with Gasteiger partial charge in [0.1, 0.15) is 0 Å². The van der Waals surface area contributed by atoms with Crippen LogP contribution in [-0.4, -0.2) is 25.2 Å². The number of rotatable bonds is 4. The van der Waals surface area contributed by atoms with Crippen LogP contribution in [0.2, 0.25) is 0 Å². The van der Waals surface area contributed by atoms with E-state index in [1.54, 1.807) is 6.20 Å². The normalized spacial score (nSPS) is 12.9. The number of aromatic amines is 1. The van der Waals surface area contributed by atoms with Crippen LogP contribution in [0.25, 0.3) is 0 Å². The predicted molar refractivity (Wildman–Crippen MR) is 59.7 cm³/mol. The van der Waals surface area contributed by atoms with Crippen LogP contribution >= 0.6 is 0 Å². The first-order valence-electron chi connectivity index (χ1n) is 5.35. The van der Waals surface area contributed by atoms with Crippen molar-refractivity contribution in [3.05, 3.63) is 29.3 Å². The summed E-state index contributed by atoms with van der Waals surface area (Å²) >= 11 is 0. The zero-order chi connectivity index (χ0) is 11.5. The number of aromatic nitrogens is 5. The molecule has 1 unspecified atom stereocenters. The van der Waals surface area contributed by atoms with Crippen LogP contribution in [0.4, 0.5) is 0 Å². The first-order chi connectivity index (χ1) is 7.70. The number of H-pyrrole nitrogens is 1. The molecule has 86 valence electrons. The number of nitrogens with zero attached hydrogens (tertiary/aromatic N) is 4. The maximum absolute atomic E-state index is 6.04. The van der Waals surface area contributed by atoms with E-state index < -0.39 is 0 Å². The van der Waals surface area contributed by atoms with Crippen LogP contribution in [0.5, 0.6) is 0 Å². The van der Waals surface area contributed by atoms with Gasteiger partial charge in [0.15, 0.2) is 0 Å². The Kier molecular flexibility index (Phi) is 3.00. The fourth-order valence-electron chi connectivity index (χ4n) is 1.76. The third-order valence-electron chi connectivity index (χ3n) is 2.53. The van der Waals surface area contributed by atoms with Gasteiger partial charge in [0.25, 0.3) is 0 Å². The predicted octanol–water partition coefficient (Wildman–Crippen LogP) is 0.572. The van der Waals surface area contributed by atoms with Gasteiger partial charge in [-0.05, 0) is 19.9 Å². The third kappa shape index (κ3) is 2.11. The smallest absolute Gasteiger partial charge is 0.0995 e. The highest BCUT2D eigenvalue weighted by molar-refractivity contribution is 5.13. The van der Waals surface area contributed by atoms with Gasteiger partial charge in [0.05, 0.1) is 23.6 Å². The molecule has 2 rings (SSSR count). The highest BCUT2D eigenvalue weighted by Gasteiger charge is 2.13. The molecular formula is C10H16N6. The van der Waals surface area contributed by atoms with Gasteiger partial charge in [0.2, 0.25) is 0 Å². The molecule has 0 aliphatic heterocycles. The van der Waals surface area contributed by atoms with Crippen molar-refractivity contribution in [2.45, 2.75) is 32.9 Å². The van der Waals surface area contributed by atoms with Crippen LogP contribution in [0, 0.1) is 6.92 Å². The van der Waals surface area contributed by atoms with Gasteiger partial charge < -0.3 is 5.73 Å². The minimum Gasteiger partial charge on any atom is -0.322 e. The summed E-state index contributed by atoms with van der Waals surface area (Å²) in [5.74, 6) is 0. The van der Waals surface area contributed by atoms with E-state index in [1.807, 2.05) is 11.6 Å². The molecule has 6 nitrogen and oxygen atoms in total. The Balaban J connectivity index is 2.14. The molecule has 0 aromatic carbocycles. The highest BCUT2D eigenvalue weighted by Crippen LogP contribution is 2.14. The Bertz CT molecular complexity index is 444. The molecule has 0 aliphatic rings. The monoisotopic (exact) mass is 220 g/mol. The van der Waals surface area contributed by atoms with Crippen molar-refractivity contribution in [2.24, 2.45) is 5.73 Å². The van der Waals surface area contributed by atoms with Gasteiger partial charge in [-0.15, -0.1) is 0 Å². The van der Waals surface area contributed by atoms with E-state index >= 15 is 0 Å². The summed E-state index contributed by atoms with van der Waals surface area (Å²) in [6.45, 7) is 4.91. The van der Waals surface area contributed by atoms with Crippen LogP contribution in [0.15, 0.2) is 12.3 Å². The molecule has 0 radical (unpaired) electrons. The van der Waals surface area contributed by atoms with Crippen LogP contribution in [-0.2, 0) is 13.0 Å². The lowest BCUT2D eigenvalue weighted by atomic mass is 10.1. The van der Waals surface area contributed by atoms with Crippen molar-refractivity contribution in [1.82, 2.24) is 25.2 Å². The van der Waals surface area contributed by atoms with Crippen molar-refractivity contribution in [2.75, 3.05) is 0 Å². The second kappa shape index (κ2) is 4.44. The lowest BCUT2D eigenvalue weighted by Gasteiger charge is -2.09. The van der Waals surface area contributed by atoms with Gasteiger partial charge >= 0.3 is 0 Å². The molecule has 6 heteroatoms. The SMILES string of the molecule is CCn1nc(C)cc1CC(N)c1cn[nH]n1. The molecule has 2 heterocycles. The first-order valence-corrected chi connectivity index (χ1v) is 5.35. The molecule has 0 saturated carbocycles. The first kappa shape index (κ1) is 10.8. The number of aryl methyl sites for hydroxylation is 2. The third-order valence-corrected chi connectivity index (χ3v) is 2.53. The number of nitrogens with one attached hydrogen (secondary N) is 1. The summed E-state index contributed by atoms with van der Waals surface area (Å²) in [6, 6.07) is 1.92. The standard InChI is InChI=1S/C10H16N6/c1-3-16-8(4-7(2)14-16)5-9(11)10-6-12-15-13-10/h4,6,9H,3,5,11H2,1-2H3,(H,12,13,15). The summed E-state index contributed by atoms with van der Waals surface area (Å²) in [4.78, 5) is 0. The summed E-state index contributed by atoms with van der Waals surface area (Å²) in [6.07, 6.45) is 2.38. The lowest BCUT2D eigenvalue weighted by Crippen LogP contribution is -2.16. The summed E-state index contributed by atoms with van der Waals surface area (Å²) in [5, 5.41) is 14.7. The second-order valence-electron chi connectivity index (χ2n) is 3.80. The molecule has 16 heavy (non-hydrogen) atoms. The molecule has 0 bridgehead atoms.